The van der Waals surface area contributed by atoms with Crippen molar-refractivity contribution in [2.45, 2.75) is 6.42 Å². The Bertz CT molecular complexity index is 1090. The van der Waals surface area contributed by atoms with E-state index >= 15 is 0 Å². The molecule has 0 saturated carbocycles. The minimum absolute atomic E-state index is 0.538. The second-order valence-electron chi connectivity index (χ2n) is 6.58. The van der Waals surface area contributed by atoms with Crippen LogP contribution in [0.25, 0.3) is 16.9 Å². The first-order valence-electron chi connectivity index (χ1n) is 9.46. The van der Waals surface area contributed by atoms with Gasteiger partial charge in [0, 0.05) is 30.1 Å². The van der Waals surface area contributed by atoms with Gasteiger partial charge in [0.15, 0.2) is 11.4 Å². The molecule has 0 amide bonds. The van der Waals surface area contributed by atoms with Gasteiger partial charge in [0.2, 0.25) is 0 Å². The van der Waals surface area contributed by atoms with Crippen LogP contribution in [0, 0.1) is 0 Å². The third kappa shape index (κ3) is 4.43. The Kier molecular flexibility index (Phi) is 5.52. The van der Waals surface area contributed by atoms with Crippen molar-refractivity contribution in [3.8, 4) is 28.5 Å². The highest BCUT2D eigenvalue weighted by Gasteiger charge is 2.09. The standard InChI is InChI=1S/C23H23N3O3/c1-27-19-8-10-20(11-9-19)28-13-4-14-29-22-7-3-12-26-16-21(25-23(22)26)17-5-2-6-18(24)15-17/h2-3,5-12,15-16H,4,13-14,24H2,1H3. The average Bonchev–Trinajstić information content (AvgIpc) is 3.19. The first-order valence-corrected chi connectivity index (χ1v) is 9.46. The molecule has 0 spiro atoms. The van der Waals surface area contributed by atoms with Gasteiger partial charge in [-0.25, -0.2) is 4.98 Å². The van der Waals surface area contributed by atoms with Gasteiger partial charge in [-0.1, -0.05) is 12.1 Å². The van der Waals surface area contributed by atoms with Crippen LogP contribution in [0.4, 0.5) is 5.69 Å². The summed E-state index contributed by atoms with van der Waals surface area (Å²) in [7, 11) is 1.64. The summed E-state index contributed by atoms with van der Waals surface area (Å²) in [5.41, 5.74) is 9.22. The fourth-order valence-electron chi connectivity index (χ4n) is 3.04. The number of fused-ring (bicyclic) bond motifs is 1. The topological polar surface area (TPSA) is 71.0 Å². The monoisotopic (exact) mass is 389 g/mol. The number of hydrogen-bond acceptors (Lipinski definition) is 5. The van der Waals surface area contributed by atoms with Crippen LogP contribution in [0.1, 0.15) is 6.42 Å². The van der Waals surface area contributed by atoms with Gasteiger partial charge in [-0.3, -0.25) is 0 Å². The van der Waals surface area contributed by atoms with E-state index in [1.54, 1.807) is 7.11 Å². The van der Waals surface area contributed by atoms with E-state index in [9.17, 15) is 0 Å². The molecule has 0 bridgehead atoms. The fraction of sp³-hybridized carbons (Fsp3) is 0.174. The average molecular weight is 389 g/mol. The Morgan fingerprint density at radius 3 is 2.52 bits per heavy atom. The zero-order valence-corrected chi connectivity index (χ0v) is 16.2. The molecule has 4 rings (SSSR count). The van der Waals surface area contributed by atoms with Gasteiger partial charge in [0.25, 0.3) is 0 Å². The normalized spacial score (nSPS) is 10.8. The quantitative estimate of drug-likeness (QED) is 0.356. The van der Waals surface area contributed by atoms with E-state index < -0.39 is 0 Å². The van der Waals surface area contributed by atoms with E-state index in [0.717, 1.165) is 40.6 Å². The predicted molar refractivity (Wildman–Crippen MR) is 114 cm³/mol. The molecule has 29 heavy (non-hydrogen) atoms. The molecular formula is C23H23N3O3. The molecule has 0 radical (unpaired) electrons. The molecule has 148 valence electrons. The van der Waals surface area contributed by atoms with E-state index in [1.807, 2.05) is 77.5 Å². The molecular weight excluding hydrogens is 366 g/mol. The van der Waals surface area contributed by atoms with Crippen LogP contribution in [0.3, 0.4) is 0 Å². The van der Waals surface area contributed by atoms with Crippen LogP contribution in [0.5, 0.6) is 17.2 Å². The Hall–Kier alpha value is -3.67. The van der Waals surface area contributed by atoms with Crippen LogP contribution in [-0.2, 0) is 0 Å². The molecule has 0 fully saturated rings. The van der Waals surface area contributed by atoms with Crippen LogP contribution < -0.4 is 19.9 Å². The minimum Gasteiger partial charge on any atom is -0.497 e. The first kappa shape index (κ1) is 18.7. The number of anilines is 1. The van der Waals surface area contributed by atoms with Gasteiger partial charge < -0.3 is 24.3 Å². The van der Waals surface area contributed by atoms with Crippen molar-refractivity contribution in [1.82, 2.24) is 9.38 Å². The number of nitrogens with two attached hydrogens (primary N) is 1. The maximum absolute atomic E-state index is 5.96. The lowest BCUT2D eigenvalue weighted by Crippen LogP contribution is -2.05. The summed E-state index contributed by atoms with van der Waals surface area (Å²) < 4.78 is 18.8. The van der Waals surface area contributed by atoms with Crippen LogP contribution >= 0.6 is 0 Å². The predicted octanol–water partition coefficient (Wildman–Crippen LogP) is 4.44. The maximum Gasteiger partial charge on any atom is 0.180 e. The second kappa shape index (κ2) is 8.56. The highest BCUT2D eigenvalue weighted by atomic mass is 16.5. The molecule has 0 aliphatic carbocycles. The van der Waals surface area contributed by atoms with Gasteiger partial charge in [-0.15, -0.1) is 0 Å². The van der Waals surface area contributed by atoms with E-state index in [4.69, 9.17) is 24.9 Å². The van der Waals surface area contributed by atoms with E-state index in [1.165, 1.54) is 0 Å². The van der Waals surface area contributed by atoms with Gasteiger partial charge in [-0.05, 0) is 48.5 Å². The summed E-state index contributed by atoms with van der Waals surface area (Å²) in [6.07, 6.45) is 4.69. The third-order valence-electron chi connectivity index (χ3n) is 4.50. The number of methoxy groups -OCH3 is 1. The Labute approximate surface area is 169 Å². The molecule has 2 N–H and O–H groups in total. The number of imidazole rings is 1. The van der Waals surface area contributed by atoms with Crippen molar-refractivity contribution < 1.29 is 14.2 Å². The van der Waals surface area contributed by atoms with E-state index in [2.05, 4.69) is 0 Å². The lowest BCUT2D eigenvalue weighted by molar-refractivity contribution is 0.248. The Morgan fingerprint density at radius 1 is 0.931 bits per heavy atom. The molecule has 4 aromatic rings. The van der Waals surface area contributed by atoms with Gasteiger partial charge in [-0.2, -0.15) is 0 Å². The number of pyridine rings is 1. The molecule has 2 heterocycles. The SMILES string of the molecule is COc1ccc(OCCCOc2cccn3cc(-c4cccc(N)c4)nc23)cc1. The molecule has 2 aromatic carbocycles. The van der Waals surface area contributed by atoms with Crippen molar-refractivity contribution in [1.29, 1.82) is 0 Å². The maximum atomic E-state index is 5.96. The summed E-state index contributed by atoms with van der Waals surface area (Å²) in [4.78, 5) is 4.73. The molecule has 0 saturated heterocycles. The van der Waals surface area contributed by atoms with Crippen molar-refractivity contribution in [3.63, 3.8) is 0 Å². The minimum atomic E-state index is 0.538. The van der Waals surface area contributed by atoms with Crippen molar-refractivity contribution in [2.75, 3.05) is 26.1 Å². The summed E-state index contributed by atoms with van der Waals surface area (Å²) in [5.74, 6) is 2.37. The number of benzene rings is 2. The van der Waals surface area contributed by atoms with Crippen LogP contribution in [0.2, 0.25) is 0 Å². The second-order valence-corrected chi connectivity index (χ2v) is 6.58. The lowest BCUT2D eigenvalue weighted by atomic mass is 10.1. The summed E-state index contributed by atoms with van der Waals surface area (Å²) in [5, 5.41) is 0. The highest BCUT2D eigenvalue weighted by molar-refractivity contribution is 5.68. The summed E-state index contributed by atoms with van der Waals surface area (Å²) >= 11 is 0. The highest BCUT2D eigenvalue weighted by Crippen LogP contribution is 2.25. The number of nitrogens with zero attached hydrogens (tertiary/aromatic N) is 2. The molecule has 6 heteroatoms. The van der Waals surface area contributed by atoms with Crippen LogP contribution in [-0.4, -0.2) is 29.7 Å². The number of ether oxygens (including phenoxy) is 3. The Balaban J connectivity index is 1.36. The van der Waals surface area contributed by atoms with E-state index in [-0.39, 0.29) is 0 Å². The number of rotatable bonds is 8. The Morgan fingerprint density at radius 2 is 1.72 bits per heavy atom. The molecule has 0 unspecified atom stereocenters. The zero-order chi connectivity index (χ0) is 20.1. The molecule has 0 aliphatic heterocycles. The van der Waals surface area contributed by atoms with E-state index in [0.29, 0.717) is 18.9 Å². The number of aromatic nitrogens is 2. The van der Waals surface area contributed by atoms with Crippen molar-refractivity contribution in [2.24, 2.45) is 0 Å². The van der Waals surface area contributed by atoms with Gasteiger partial charge in [0.05, 0.1) is 26.0 Å². The molecule has 6 nitrogen and oxygen atoms in total. The van der Waals surface area contributed by atoms with Crippen LogP contribution in [0.15, 0.2) is 73.1 Å². The fourth-order valence-corrected chi connectivity index (χ4v) is 3.04. The summed E-state index contributed by atoms with van der Waals surface area (Å²) in [6.45, 7) is 1.11. The number of hydrogen-bond donors (Lipinski definition) is 1. The number of nitrogen functional groups attached to an aromatic ring is 1. The molecule has 2 aromatic heterocycles. The van der Waals surface area contributed by atoms with Gasteiger partial charge in [0.1, 0.15) is 11.5 Å². The summed E-state index contributed by atoms with van der Waals surface area (Å²) in [6, 6.07) is 19.1. The zero-order valence-electron chi connectivity index (χ0n) is 16.2. The largest absolute Gasteiger partial charge is 0.497 e. The van der Waals surface area contributed by atoms with Crippen molar-refractivity contribution in [3.05, 3.63) is 73.1 Å². The smallest absolute Gasteiger partial charge is 0.180 e. The lowest BCUT2D eigenvalue weighted by Gasteiger charge is -2.09. The molecule has 0 atom stereocenters. The third-order valence-corrected chi connectivity index (χ3v) is 4.50. The van der Waals surface area contributed by atoms with Gasteiger partial charge >= 0.3 is 0 Å². The first-order chi connectivity index (χ1) is 14.2. The molecule has 0 aliphatic rings. The van der Waals surface area contributed by atoms with Crippen molar-refractivity contribution >= 4 is 11.3 Å².